The molecule has 0 atom stereocenters. The molecule has 0 saturated heterocycles. The smallest absolute Gasteiger partial charge is 0.262 e. The Morgan fingerprint density at radius 3 is 2.77 bits per heavy atom. The monoisotopic (exact) mass is 313 g/mol. The fourth-order valence-corrected chi connectivity index (χ4v) is 2.52. The summed E-state index contributed by atoms with van der Waals surface area (Å²) < 4.78 is 5.07. The second-order valence-corrected chi connectivity index (χ2v) is 5.14. The van der Waals surface area contributed by atoms with Crippen molar-refractivity contribution in [2.24, 2.45) is 0 Å². The fourth-order valence-electron chi connectivity index (χ4n) is 1.78. The minimum atomic E-state index is -0.345. The summed E-state index contributed by atoms with van der Waals surface area (Å²) in [6.07, 6.45) is 4.91. The van der Waals surface area contributed by atoms with Gasteiger partial charge in [0.25, 0.3) is 5.91 Å². The molecule has 0 radical (unpaired) electrons. The summed E-state index contributed by atoms with van der Waals surface area (Å²) in [7, 11) is 1.46. The van der Waals surface area contributed by atoms with Crippen LogP contribution in [-0.2, 0) is 0 Å². The average molecular weight is 313 g/mol. The highest BCUT2D eigenvalue weighted by Gasteiger charge is 2.15. The maximum Gasteiger partial charge on any atom is 0.262 e. The Labute approximate surface area is 130 Å². The molecular formula is C14H11N5O2S. The molecule has 7 nitrogen and oxygen atoms in total. The lowest BCUT2D eigenvalue weighted by Gasteiger charge is -2.05. The molecular weight excluding hydrogens is 302 g/mol. The third-order valence-corrected chi connectivity index (χ3v) is 3.67. The molecule has 0 fully saturated rings. The molecule has 8 heteroatoms. The van der Waals surface area contributed by atoms with Gasteiger partial charge in [0.1, 0.15) is 10.6 Å². The Morgan fingerprint density at radius 1 is 1.18 bits per heavy atom. The summed E-state index contributed by atoms with van der Waals surface area (Å²) in [4.78, 5) is 20.2. The number of pyridine rings is 2. The normalized spacial score (nSPS) is 10.2. The first kappa shape index (κ1) is 14.1. The third kappa shape index (κ3) is 2.91. The molecule has 0 bridgehead atoms. The van der Waals surface area contributed by atoms with E-state index in [9.17, 15) is 4.79 Å². The number of carbonyl (C=O) groups is 1. The molecule has 3 heterocycles. The zero-order chi connectivity index (χ0) is 15.4. The van der Waals surface area contributed by atoms with Crippen molar-refractivity contribution in [1.82, 2.24) is 20.2 Å². The van der Waals surface area contributed by atoms with E-state index in [1.54, 1.807) is 30.7 Å². The molecule has 0 aliphatic rings. The number of anilines is 1. The van der Waals surface area contributed by atoms with Crippen molar-refractivity contribution in [2.45, 2.75) is 0 Å². The lowest BCUT2D eigenvalue weighted by molar-refractivity contribution is 0.102. The summed E-state index contributed by atoms with van der Waals surface area (Å²) >= 11 is 1.28. The number of aromatic nitrogens is 4. The van der Waals surface area contributed by atoms with Gasteiger partial charge in [0.2, 0.25) is 11.0 Å². The number of nitrogens with zero attached hydrogens (tertiary/aromatic N) is 4. The van der Waals surface area contributed by atoms with Crippen LogP contribution in [0.1, 0.15) is 10.4 Å². The summed E-state index contributed by atoms with van der Waals surface area (Å²) in [6, 6.07) is 6.96. The number of hydrogen-bond donors (Lipinski definition) is 1. The number of amides is 1. The van der Waals surface area contributed by atoms with Crippen molar-refractivity contribution < 1.29 is 9.53 Å². The van der Waals surface area contributed by atoms with Crippen molar-refractivity contribution in [3.8, 4) is 16.5 Å². The molecule has 1 N–H and O–H groups in total. The number of rotatable bonds is 4. The minimum Gasteiger partial charge on any atom is -0.480 e. The van der Waals surface area contributed by atoms with E-state index in [0.717, 1.165) is 5.56 Å². The second-order valence-electron chi connectivity index (χ2n) is 4.16. The fraction of sp³-hybridized carbons (Fsp3) is 0.0714. The van der Waals surface area contributed by atoms with Crippen LogP contribution in [0, 0.1) is 0 Å². The van der Waals surface area contributed by atoms with Gasteiger partial charge < -0.3 is 4.74 Å². The predicted octanol–water partition coefficient (Wildman–Crippen LogP) is 2.26. The van der Waals surface area contributed by atoms with Gasteiger partial charge in [-0.05, 0) is 24.3 Å². The molecule has 0 unspecified atom stereocenters. The van der Waals surface area contributed by atoms with E-state index < -0.39 is 0 Å². The highest BCUT2D eigenvalue weighted by Crippen LogP contribution is 2.26. The van der Waals surface area contributed by atoms with E-state index in [2.05, 4.69) is 25.5 Å². The maximum absolute atomic E-state index is 12.2. The summed E-state index contributed by atoms with van der Waals surface area (Å²) in [5, 5.41) is 11.8. The molecule has 0 aromatic carbocycles. The van der Waals surface area contributed by atoms with E-state index in [1.807, 2.05) is 12.1 Å². The quantitative estimate of drug-likeness (QED) is 0.794. The lowest BCUT2D eigenvalue weighted by Crippen LogP contribution is -2.13. The number of nitrogens with one attached hydrogen (secondary N) is 1. The SMILES string of the molecule is COc1ncccc1C(=O)Nc1nnc(-c2ccncc2)s1. The van der Waals surface area contributed by atoms with E-state index in [4.69, 9.17) is 4.74 Å². The third-order valence-electron chi connectivity index (χ3n) is 2.78. The minimum absolute atomic E-state index is 0.263. The van der Waals surface area contributed by atoms with Crippen LogP contribution in [0.15, 0.2) is 42.9 Å². The standard InChI is InChI=1S/C14H11N5O2S/c1-21-12-10(3-2-6-16-12)11(20)17-14-19-18-13(22-14)9-4-7-15-8-5-9/h2-8H,1H3,(H,17,19,20). The largest absolute Gasteiger partial charge is 0.480 e. The summed E-state index contributed by atoms with van der Waals surface area (Å²) in [5.41, 5.74) is 1.23. The number of hydrogen-bond acceptors (Lipinski definition) is 7. The van der Waals surface area contributed by atoms with Crippen LogP contribution < -0.4 is 10.1 Å². The predicted molar refractivity (Wildman–Crippen MR) is 81.9 cm³/mol. The van der Waals surface area contributed by atoms with Gasteiger partial charge in [0, 0.05) is 24.2 Å². The van der Waals surface area contributed by atoms with Crippen LogP contribution in [0.4, 0.5) is 5.13 Å². The maximum atomic E-state index is 12.2. The second kappa shape index (κ2) is 6.27. The van der Waals surface area contributed by atoms with Crippen LogP contribution in [-0.4, -0.2) is 33.2 Å². The molecule has 110 valence electrons. The molecule has 0 aliphatic heterocycles. The van der Waals surface area contributed by atoms with Crippen molar-refractivity contribution in [3.63, 3.8) is 0 Å². The van der Waals surface area contributed by atoms with Crippen LogP contribution >= 0.6 is 11.3 Å². The number of carbonyl (C=O) groups excluding carboxylic acids is 1. The molecule has 3 aromatic heterocycles. The van der Waals surface area contributed by atoms with E-state index >= 15 is 0 Å². The van der Waals surface area contributed by atoms with Crippen molar-refractivity contribution >= 4 is 22.4 Å². The van der Waals surface area contributed by atoms with Crippen LogP contribution in [0.25, 0.3) is 10.6 Å². The molecule has 0 saturated carbocycles. The van der Waals surface area contributed by atoms with Gasteiger partial charge in [-0.25, -0.2) is 4.98 Å². The Balaban J connectivity index is 1.79. The highest BCUT2D eigenvalue weighted by atomic mass is 32.1. The van der Waals surface area contributed by atoms with Crippen LogP contribution in [0.5, 0.6) is 5.88 Å². The Hall–Kier alpha value is -2.87. The van der Waals surface area contributed by atoms with Gasteiger partial charge in [0.05, 0.1) is 7.11 Å². The molecule has 0 spiro atoms. The van der Waals surface area contributed by atoms with E-state index in [0.29, 0.717) is 15.7 Å². The lowest BCUT2D eigenvalue weighted by atomic mass is 10.2. The van der Waals surface area contributed by atoms with Gasteiger partial charge in [-0.1, -0.05) is 11.3 Å². The van der Waals surface area contributed by atoms with Crippen molar-refractivity contribution in [2.75, 3.05) is 12.4 Å². The van der Waals surface area contributed by atoms with Crippen molar-refractivity contribution in [3.05, 3.63) is 48.4 Å². The van der Waals surface area contributed by atoms with Gasteiger partial charge in [0.15, 0.2) is 0 Å². The number of methoxy groups -OCH3 is 1. The van der Waals surface area contributed by atoms with Gasteiger partial charge in [-0.2, -0.15) is 0 Å². The molecule has 3 aromatic rings. The zero-order valence-electron chi connectivity index (χ0n) is 11.6. The number of ether oxygens (including phenoxy) is 1. The first-order chi connectivity index (χ1) is 10.8. The Morgan fingerprint density at radius 2 is 2.00 bits per heavy atom. The van der Waals surface area contributed by atoms with Crippen molar-refractivity contribution in [1.29, 1.82) is 0 Å². The average Bonchev–Trinajstić information content (AvgIpc) is 3.04. The molecule has 0 aliphatic carbocycles. The summed E-state index contributed by atoms with van der Waals surface area (Å²) in [6.45, 7) is 0. The Bertz CT molecular complexity index is 791. The van der Waals surface area contributed by atoms with Gasteiger partial charge >= 0.3 is 0 Å². The Kier molecular flexibility index (Phi) is 4.01. The topological polar surface area (TPSA) is 89.9 Å². The molecule has 1 amide bonds. The summed E-state index contributed by atoms with van der Waals surface area (Å²) in [5.74, 6) is -0.0822. The molecule has 22 heavy (non-hydrogen) atoms. The van der Waals surface area contributed by atoms with E-state index in [-0.39, 0.29) is 11.8 Å². The van der Waals surface area contributed by atoms with Gasteiger partial charge in [-0.3, -0.25) is 15.1 Å². The zero-order valence-corrected chi connectivity index (χ0v) is 12.4. The van der Waals surface area contributed by atoms with Crippen LogP contribution in [0.3, 0.4) is 0 Å². The molecule has 3 rings (SSSR count). The van der Waals surface area contributed by atoms with E-state index in [1.165, 1.54) is 18.4 Å². The first-order valence-electron chi connectivity index (χ1n) is 6.32. The van der Waals surface area contributed by atoms with Crippen LogP contribution in [0.2, 0.25) is 0 Å². The van der Waals surface area contributed by atoms with Gasteiger partial charge in [-0.15, -0.1) is 10.2 Å². The first-order valence-corrected chi connectivity index (χ1v) is 7.14. The highest BCUT2D eigenvalue weighted by molar-refractivity contribution is 7.18.